The minimum absolute atomic E-state index is 0.117. The van der Waals surface area contributed by atoms with Crippen LogP contribution in [0.15, 0.2) is 23.1 Å². The van der Waals surface area contributed by atoms with Crippen LogP contribution in [0.3, 0.4) is 0 Å². The SMILES string of the molecule is CCN1C[C@@H](CN(C)C(=O)Nc2cc(S(C)(=O)=O)ccc2C)CC1=O. The van der Waals surface area contributed by atoms with E-state index in [9.17, 15) is 18.0 Å². The molecule has 0 aromatic heterocycles. The molecule has 1 aromatic rings. The van der Waals surface area contributed by atoms with Crippen molar-refractivity contribution in [2.24, 2.45) is 5.92 Å². The van der Waals surface area contributed by atoms with E-state index in [0.29, 0.717) is 31.7 Å². The van der Waals surface area contributed by atoms with Crippen molar-refractivity contribution >= 4 is 27.5 Å². The topological polar surface area (TPSA) is 86.8 Å². The Hall–Kier alpha value is -2.09. The Morgan fingerprint density at radius 3 is 2.64 bits per heavy atom. The number of nitrogens with one attached hydrogen (secondary N) is 1. The molecule has 2 rings (SSSR count). The Morgan fingerprint density at radius 2 is 2.08 bits per heavy atom. The van der Waals surface area contributed by atoms with Crippen molar-refractivity contribution in [1.29, 1.82) is 0 Å². The lowest BCUT2D eigenvalue weighted by Crippen LogP contribution is -2.36. The number of nitrogens with zero attached hydrogens (tertiary/aromatic N) is 2. The Morgan fingerprint density at radius 1 is 1.40 bits per heavy atom. The molecule has 138 valence electrons. The van der Waals surface area contributed by atoms with Gasteiger partial charge in [-0.3, -0.25) is 4.79 Å². The van der Waals surface area contributed by atoms with Gasteiger partial charge in [0.05, 0.1) is 4.90 Å². The fourth-order valence-corrected chi connectivity index (χ4v) is 3.58. The minimum atomic E-state index is -3.34. The van der Waals surface area contributed by atoms with Gasteiger partial charge >= 0.3 is 6.03 Å². The number of aryl methyl sites for hydroxylation is 1. The van der Waals surface area contributed by atoms with Gasteiger partial charge in [0.1, 0.15) is 0 Å². The number of likely N-dealkylation sites (tertiary alicyclic amines) is 1. The number of sulfone groups is 1. The molecule has 1 aromatic carbocycles. The summed E-state index contributed by atoms with van der Waals surface area (Å²) in [6.07, 6.45) is 1.58. The molecular formula is C17H25N3O4S. The summed E-state index contributed by atoms with van der Waals surface area (Å²) in [5, 5.41) is 2.76. The summed E-state index contributed by atoms with van der Waals surface area (Å²) in [4.78, 5) is 27.7. The zero-order valence-corrected chi connectivity index (χ0v) is 15.9. The summed E-state index contributed by atoms with van der Waals surface area (Å²) in [6.45, 7) is 5.56. The molecule has 0 saturated carbocycles. The first kappa shape index (κ1) is 19.2. The smallest absolute Gasteiger partial charge is 0.321 e. The van der Waals surface area contributed by atoms with Crippen molar-refractivity contribution < 1.29 is 18.0 Å². The standard InChI is InChI=1S/C17H25N3O4S/c1-5-20-11-13(8-16(20)21)10-19(3)17(22)18-15-9-14(25(4,23)24)7-6-12(15)2/h6-7,9,13H,5,8,10-11H2,1-4H3,(H,18,22)/t13-/m1/s1. The maximum atomic E-state index is 12.4. The molecule has 25 heavy (non-hydrogen) atoms. The van der Waals surface area contributed by atoms with Gasteiger partial charge in [0, 0.05) is 51.0 Å². The van der Waals surface area contributed by atoms with Gasteiger partial charge in [-0.05, 0) is 31.5 Å². The van der Waals surface area contributed by atoms with E-state index in [2.05, 4.69) is 5.32 Å². The molecule has 0 bridgehead atoms. The third-order valence-corrected chi connectivity index (χ3v) is 5.54. The van der Waals surface area contributed by atoms with Crippen molar-refractivity contribution in [1.82, 2.24) is 9.80 Å². The number of carbonyl (C=O) groups excluding carboxylic acids is 2. The average Bonchev–Trinajstić information content (AvgIpc) is 2.87. The zero-order chi connectivity index (χ0) is 18.8. The van der Waals surface area contributed by atoms with Crippen LogP contribution in [0.1, 0.15) is 18.9 Å². The molecule has 1 saturated heterocycles. The monoisotopic (exact) mass is 367 g/mol. The summed E-state index contributed by atoms with van der Waals surface area (Å²) < 4.78 is 23.4. The summed E-state index contributed by atoms with van der Waals surface area (Å²) in [6, 6.07) is 4.33. The molecule has 0 aliphatic carbocycles. The Kier molecular flexibility index (Phi) is 5.72. The van der Waals surface area contributed by atoms with Crippen LogP contribution >= 0.6 is 0 Å². The molecule has 0 radical (unpaired) electrons. The van der Waals surface area contributed by atoms with Crippen LogP contribution in [0.25, 0.3) is 0 Å². The first-order chi connectivity index (χ1) is 11.6. The van der Waals surface area contributed by atoms with Gasteiger partial charge in [-0.15, -0.1) is 0 Å². The van der Waals surface area contributed by atoms with Crippen LogP contribution in [-0.2, 0) is 14.6 Å². The Balaban J connectivity index is 2.03. The van der Waals surface area contributed by atoms with Crippen LogP contribution in [-0.4, -0.2) is 63.1 Å². The maximum Gasteiger partial charge on any atom is 0.321 e. The highest BCUT2D eigenvalue weighted by molar-refractivity contribution is 7.90. The number of anilines is 1. The van der Waals surface area contributed by atoms with Crippen LogP contribution in [0.5, 0.6) is 0 Å². The highest BCUT2D eigenvalue weighted by Gasteiger charge is 2.30. The molecule has 1 aliphatic heterocycles. The van der Waals surface area contributed by atoms with Crippen molar-refractivity contribution in [3.05, 3.63) is 23.8 Å². The summed E-state index contributed by atoms with van der Waals surface area (Å²) >= 11 is 0. The van der Waals surface area contributed by atoms with Crippen molar-refractivity contribution in [2.45, 2.75) is 25.2 Å². The number of hydrogen-bond donors (Lipinski definition) is 1. The van der Waals surface area contributed by atoms with E-state index in [-0.39, 0.29) is 22.8 Å². The summed E-state index contributed by atoms with van der Waals surface area (Å²) in [5.41, 5.74) is 1.25. The van der Waals surface area contributed by atoms with Gasteiger partial charge in [-0.2, -0.15) is 0 Å². The van der Waals surface area contributed by atoms with Crippen molar-refractivity contribution in [3.8, 4) is 0 Å². The van der Waals surface area contributed by atoms with E-state index in [4.69, 9.17) is 0 Å². The lowest BCUT2D eigenvalue weighted by atomic mass is 10.1. The van der Waals surface area contributed by atoms with Gasteiger partial charge in [-0.25, -0.2) is 13.2 Å². The van der Waals surface area contributed by atoms with Crippen LogP contribution in [0.2, 0.25) is 0 Å². The first-order valence-electron chi connectivity index (χ1n) is 8.22. The molecule has 8 heteroatoms. The van der Waals surface area contributed by atoms with Gasteiger partial charge in [0.2, 0.25) is 5.91 Å². The van der Waals surface area contributed by atoms with Gasteiger partial charge in [0.15, 0.2) is 9.84 Å². The summed E-state index contributed by atoms with van der Waals surface area (Å²) in [7, 11) is -1.67. The maximum absolute atomic E-state index is 12.4. The molecule has 7 nitrogen and oxygen atoms in total. The third kappa shape index (κ3) is 4.72. The Labute approximate surface area is 148 Å². The third-order valence-electron chi connectivity index (χ3n) is 4.43. The van der Waals surface area contributed by atoms with E-state index in [0.717, 1.165) is 11.8 Å². The molecule has 1 N–H and O–H groups in total. The molecule has 1 fully saturated rings. The normalized spacial score (nSPS) is 17.7. The average molecular weight is 367 g/mol. The van der Waals surface area contributed by atoms with E-state index in [1.807, 2.05) is 6.92 Å². The van der Waals surface area contributed by atoms with Crippen molar-refractivity contribution in [3.63, 3.8) is 0 Å². The molecule has 1 heterocycles. The molecule has 1 aliphatic rings. The lowest BCUT2D eigenvalue weighted by Gasteiger charge is -2.22. The molecule has 1 atom stereocenters. The minimum Gasteiger partial charge on any atom is -0.343 e. The number of urea groups is 1. The highest BCUT2D eigenvalue weighted by Crippen LogP contribution is 2.22. The van der Waals surface area contributed by atoms with Crippen LogP contribution < -0.4 is 5.32 Å². The second kappa shape index (κ2) is 7.43. The number of carbonyl (C=O) groups is 2. The first-order valence-corrected chi connectivity index (χ1v) is 10.1. The zero-order valence-electron chi connectivity index (χ0n) is 15.1. The van der Waals surface area contributed by atoms with Gasteiger partial charge in [-0.1, -0.05) is 6.07 Å². The number of benzene rings is 1. The van der Waals surface area contributed by atoms with Gasteiger partial charge in [0.25, 0.3) is 0 Å². The van der Waals surface area contributed by atoms with Crippen LogP contribution in [0, 0.1) is 12.8 Å². The Bertz CT molecular complexity index is 776. The van der Waals surface area contributed by atoms with E-state index >= 15 is 0 Å². The summed E-state index contributed by atoms with van der Waals surface area (Å²) in [5.74, 6) is 0.240. The van der Waals surface area contributed by atoms with Crippen molar-refractivity contribution in [2.75, 3.05) is 38.3 Å². The van der Waals surface area contributed by atoms with Crippen LogP contribution in [0.4, 0.5) is 10.5 Å². The highest BCUT2D eigenvalue weighted by atomic mass is 32.2. The number of hydrogen-bond acceptors (Lipinski definition) is 4. The molecular weight excluding hydrogens is 342 g/mol. The molecule has 0 unspecified atom stereocenters. The lowest BCUT2D eigenvalue weighted by molar-refractivity contribution is -0.127. The number of rotatable bonds is 5. The second-order valence-corrected chi connectivity index (χ2v) is 8.58. The predicted molar refractivity (Wildman–Crippen MR) is 96.3 cm³/mol. The molecule has 0 spiro atoms. The predicted octanol–water partition coefficient (Wildman–Crippen LogP) is 1.73. The van der Waals surface area contributed by atoms with Gasteiger partial charge < -0.3 is 15.1 Å². The fraction of sp³-hybridized carbons (Fsp3) is 0.529. The quantitative estimate of drug-likeness (QED) is 0.859. The van der Waals surface area contributed by atoms with E-state index < -0.39 is 9.84 Å². The fourth-order valence-electron chi connectivity index (χ4n) is 2.93. The molecule has 3 amide bonds. The number of amides is 3. The van der Waals surface area contributed by atoms with E-state index in [1.54, 1.807) is 24.9 Å². The largest absolute Gasteiger partial charge is 0.343 e. The second-order valence-electron chi connectivity index (χ2n) is 6.56. The van der Waals surface area contributed by atoms with E-state index in [1.165, 1.54) is 17.0 Å².